The molecule has 0 unspecified atom stereocenters. The Morgan fingerprint density at radius 3 is 3.05 bits per heavy atom. The second-order valence-corrected chi connectivity index (χ2v) is 6.26. The highest BCUT2D eigenvalue weighted by atomic mass is 32.1. The Morgan fingerprint density at radius 2 is 2.20 bits per heavy atom. The molecule has 0 spiro atoms. The number of benzene rings is 1. The summed E-state index contributed by atoms with van der Waals surface area (Å²) < 4.78 is 3.49. The maximum absolute atomic E-state index is 4.48. The fourth-order valence-electron chi connectivity index (χ4n) is 2.35. The lowest BCUT2D eigenvalue weighted by Crippen LogP contribution is -1.98. The van der Waals surface area contributed by atoms with Gasteiger partial charge in [-0.15, -0.1) is 11.3 Å². The number of fused-ring (bicyclic) bond motifs is 1. The van der Waals surface area contributed by atoms with Crippen molar-refractivity contribution < 1.29 is 0 Å². The average Bonchev–Trinajstić information content (AvgIpc) is 3.01. The fourth-order valence-corrected chi connectivity index (χ4v) is 3.21. The summed E-state index contributed by atoms with van der Waals surface area (Å²) in [6.45, 7) is 6.20. The van der Waals surface area contributed by atoms with Gasteiger partial charge in [0.15, 0.2) is 0 Å². The molecule has 4 heteroatoms. The van der Waals surface area contributed by atoms with Crippen LogP contribution in [0.15, 0.2) is 36.7 Å². The molecule has 0 aliphatic rings. The first-order valence-corrected chi connectivity index (χ1v) is 7.82. The summed E-state index contributed by atoms with van der Waals surface area (Å²) in [7, 11) is 0. The third-order valence-corrected chi connectivity index (χ3v) is 4.22. The normalized spacial score (nSPS) is 11.1. The molecule has 3 rings (SSSR count). The standard InChI is InChI=1S/C16H19N3S/c1-3-7-19-8-6-13(11-19)10-17-14-4-5-15-16(9-14)20-12(2)18-15/h4-6,8-9,11,17H,3,7,10H2,1-2H3. The highest BCUT2D eigenvalue weighted by molar-refractivity contribution is 7.18. The van der Waals surface area contributed by atoms with E-state index in [1.54, 1.807) is 11.3 Å². The Bertz CT molecular complexity index is 711. The molecule has 0 amide bonds. The van der Waals surface area contributed by atoms with E-state index in [9.17, 15) is 0 Å². The van der Waals surface area contributed by atoms with E-state index < -0.39 is 0 Å². The highest BCUT2D eigenvalue weighted by Gasteiger charge is 2.02. The lowest BCUT2D eigenvalue weighted by atomic mass is 10.2. The van der Waals surface area contributed by atoms with Crippen LogP contribution in [0.3, 0.4) is 0 Å². The zero-order valence-electron chi connectivity index (χ0n) is 11.9. The van der Waals surface area contributed by atoms with E-state index in [0.717, 1.165) is 29.3 Å². The first-order valence-electron chi connectivity index (χ1n) is 7.00. The van der Waals surface area contributed by atoms with Crippen LogP contribution in [0.25, 0.3) is 10.2 Å². The molecule has 0 bridgehead atoms. The van der Waals surface area contributed by atoms with E-state index in [2.05, 4.69) is 58.5 Å². The number of hydrogen-bond acceptors (Lipinski definition) is 3. The van der Waals surface area contributed by atoms with Gasteiger partial charge in [-0.25, -0.2) is 4.98 Å². The monoisotopic (exact) mass is 285 g/mol. The largest absolute Gasteiger partial charge is 0.381 e. The van der Waals surface area contributed by atoms with Crippen LogP contribution in [-0.4, -0.2) is 9.55 Å². The van der Waals surface area contributed by atoms with Gasteiger partial charge in [-0.1, -0.05) is 6.92 Å². The minimum Gasteiger partial charge on any atom is -0.381 e. The van der Waals surface area contributed by atoms with Crippen LogP contribution in [0.1, 0.15) is 23.9 Å². The first kappa shape index (κ1) is 13.2. The van der Waals surface area contributed by atoms with Crippen LogP contribution in [-0.2, 0) is 13.1 Å². The summed E-state index contributed by atoms with van der Waals surface area (Å²) in [5, 5.41) is 4.60. The van der Waals surface area contributed by atoms with Crippen LogP contribution in [0.2, 0.25) is 0 Å². The Hall–Kier alpha value is -1.81. The molecule has 1 N–H and O–H groups in total. The zero-order valence-corrected chi connectivity index (χ0v) is 12.7. The third kappa shape index (κ3) is 2.85. The van der Waals surface area contributed by atoms with Gasteiger partial charge in [-0.05, 0) is 43.2 Å². The van der Waals surface area contributed by atoms with Crippen molar-refractivity contribution in [2.24, 2.45) is 0 Å². The predicted molar refractivity (Wildman–Crippen MR) is 86.4 cm³/mol. The van der Waals surface area contributed by atoms with E-state index in [0.29, 0.717) is 0 Å². The molecule has 3 aromatic rings. The Morgan fingerprint density at radius 1 is 1.30 bits per heavy atom. The van der Waals surface area contributed by atoms with Crippen molar-refractivity contribution in [1.29, 1.82) is 0 Å². The average molecular weight is 285 g/mol. The molecule has 104 valence electrons. The maximum Gasteiger partial charge on any atom is 0.0907 e. The molecule has 3 nitrogen and oxygen atoms in total. The summed E-state index contributed by atoms with van der Waals surface area (Å²) in [6.07, 6.45) is 5.53. The van der Waals surface area contributed by atoms with E-state index in [1.165, 1.54) is 16.7 Å². The van der Waals surface area contributed by atoms with E-state index in [1.807, 2.05) is 6.92 Å². The molecule has 20 heavy (non-hydrogen) atoms. The van der Waals surface area contributed by atoms with Crippen molar-refractivity contribution in [2.45, 2.75) is 33.4 Å². The van der Waals surface area contributed by atoms with Gasteiger partial charge in [-0.2, -0.15) is 0 Å². The summed E-state index contributed by atoms with van der Waals surface area (Å²) in [6, 6.07) is 8.55. The summed E-state index contributed by atoms with van der Waals surface area (Å²) >= 11 is 1.74. The molecule has 0 saturated carbocycles. The second-order valence-electron chi connectivity index (χ2n) is 5.03. The van der Waals surface area contributed by atoms with Crippen LogP contribution in [0.4, 0.5) is 5.69 Å². The number of anilines is 1. The van der Waals surface area contributed by atoms with Gasteiger partial charge in [-0.3, -0.25) is 0 Å². The minimum atomic E-state index is 0.861. The minimum absolute atomic E-state index is 0.861. The molecule has 0 saturated heterocycles. The molecule has 1 aromatic carbocycles. The molecular weight excluding hydrogens is 266 g/mol. The lowest BCUT2D eigenvalue weighted by Gasteiger charge is -2.05. The van der Waals surface area contributed by atoms with Crippen molar-refractivity contribution >= 4 is 27.2 Å². The number of rotatable bonds is 5. The number of aromatic nitrogens is 2. The predicted octanol–water partition coefficient (Wildman–Crippen LogP) is 4.43. The van der Waals surface area contributed by atoms with Gasteiger partial charge in [0.05, 0.1) is 15.2 Å². The van der Waals surface area contributed by atoms with Crippen molar-refractivity contribution in [3.8, 4) is 0 Å². The number of nitrogens with zero attached hydrogens (tertiary/aromatic N) is 2. The Labute approximate surface area is 123 Å². The van der Waals surface area contributed by atoms with Gasteiger partial charge in [0.25, 0.3) is 0 Å². The van der Waals surface area contributed by atoms with Crippen molar-refractivity contribution in [3.63, 3.8) is 0 Å². The topological polar surface area (TPSA) is 29.9 Å². The molecule has 0 aliphatic carbocycles. The van der Waals surface area contributed by atoms with Gasteiger partial charge >= 0.3 is 0 Å². The third-order valence-electron chi connectivity index (χ3n) is 3.29. The molecule has 2 heterocycles. The molecule has 0 radical (unpaired) electrons. The van der Waals surface area contributed by atoms with Crippen LogP contribution in [0, 0.1) is 6.92 Å². The molecular formula is C16H19N3S. The summed E-state index contributed by atoms with van der Waals surface area (Å²) in [5.41, 5.74) is 3.57. The zero-order chi connectivity index (χ0) is 13.9. The maximum atomic E-state index is 4.48. The quantitative estimate of drug-likeness (QED) is 0.751. The molecule has 2 aromatic heterocycles. The van der Waals surface area contributed by atoms with Gasteiger partial charge < -0.3 is 9.88 Å². The smallest absolute Gasteiger partial charge is 0.0907 e. The first-order chi connectivity index (χ1) is 9.74. The number of aryl methyl sites for hydroxylation is 2. The van der Waals surface area contributed by atoms with Gasteiger partial charge in [0.1, 0.15) is 0 Å². The van der Waals surface area contributed by atoms with E-state index >= 15 is 0 Å². The van der Waals surface area contributed by atoms with Gasteiger partial charge in [0, 0.05) is 31.2 Å². The number of hydrogen-bond donors (Lipinski definition) is 1. The molecule has 0 atom stereocenters. The highest BCUT2D eigenvalue weighted by Crippen LogP contribution is 2.25. The van der Waals surface area contributed by atoms with Crippen molar-refractivity contribution in [1.82, 2.24) is 9.55 Å². The van der Waals surface area contributed by atoms with Crippen molar-refractivity contribution in [3.05, 3.63) is 47.2 Å². The van der Waals surface area contributed by atoms with Crippen molar-refractivity contribution in [2.75, 3.05) is 5.32 Å². The number of nitrogens with one attached hydrogen (secondary N) is 1. The summed E-state index contributed by atoms with van der Waals surface area (Å²) in [5.74, 6) is 0. The van der Waals surface area contributed by atoms with E-state index in [-0.39, 0.29) is 0 Å². The van der Waals surface area contributed by atoms with Gasteiger partial charge in [0.2, 0.25) is 0 Å². The van der Waals surface area contributed by atoms with Crippen LogP contribution < -0.4 is 5.32 Å². The molecule has 0 fully saturated rings. The van der Waals surface area contributed by atoms with Crippen LogP contribution in [0.5, 0.6) is 0 Å². The SMILES string of the molecule is CCCn1ccc(CNc2ccc3nc(C)sc3c2)c1. The molecule has 0 aliphatic heterocycles. The fraction of sp³-hybridized carbons (Fsp3) is 0.312. The Kier molecular flexibility index (Phi) is 3.74. The van der Waals surface area contributed by atoms with Crippen LogP contribution >= 0.6 is 11.3 Å². The second kappa shape index (κ2) is 5.67. The van der Waals surface area contributed by atoms with E-state index in [4.69, 9.17) is 0 Å². The summed E-state index contributed by atoms with van der Waals surface area (Å²) in [4.78, 5) is 4.48. The Balaban J connectivity index is 1.69. The number of thiazole rings is 1. The lowest BCUT2D eigenvalue weighted by molar-refractivity contribution is 0.682.